The molecule has 0 aromatic carbocycles. The van der Waals surface area contributed by atoms with E-state index < -0.39 is 17.5 Å². The van der Waals surface area contributed by atoms with E-state index in [9.17, 15) is 9.90 Å². The van der Waals surface area contributed by atoms with Gasteiger partial charge >= 0.3 is 5.97 Å². The monoisotopic (exact) mass is 214 g/mol. The van der Waals surface area contributed by atoms with Crippen LogP contribution in [0.25, 0.3) is 0 Å². The number of carbonyl (C=O) groups is 1. The predicted molar refractivity (Wildman–Crippen MR) is 58.6 cm³/mol. The van der Waals surface area contributed by atoms with Crippen LogP contribution in [0.2, 0.25) is 0 Å². The first-order chi connectivity index (χ1) is 6.93. The van der Waals surface area contributed by atoms with Crippen molar-refractivity contribution in [3.8, 4) is 0 Å². The zero-order chi connectivity index (χ0) is 11.5. The van der Waals surface area contributed by atoms with Gasteiger partial charge in [0.1, 0.15) is 0 Å². The lowest BCUT2D eigenvalue weighted by Gasteiger charge is -2.28. The fourth-order valence-corrected chi connectivity index (χ4v) is 2.35. The van der Waals surface area contributed by atoms with Crippen LogP contribution >= 0.6 is 0 Å². The average Bonchev–Trinajstić information content (AvgIpc) is 2.66. The Kier molecular flexibility index (Phi) is 4.14. The molecular weight excluding hydrogens is 192 g/mol. The average molecular weight is 214 g/mol. The minimum Gasteiger partial charge on any atom is -0.479 e. The van der Waals surface area contributed by atoms with Gasteiger partial charge in [0, 0.05) is 5.41 Å². The summed E-state index contributed by atoms with van der Waals surface area (Å²) in [6, 6.07) is 0. The number of carboxylic acids is 1. The fourth-order valence-electron chi connectivity index (χ4n) is 2.35. The number of rotatable bonds is 5. The summed E-state index contributed by atoms with van der Waals surface area (Å²) in [5, 5.41) is 18.3. The molecule has 1 saturated carbocycles. The molecule has 88 valence electrons. The molecule has 0 heterocycles. The van der Waals surface area contributed by atoms with Crippen molar-refractivity contribution in [3.05, 3.63) is 0 Å². The van der Waals surface area contributed by atoms with Gasteiger partial charge in [-0.05, 0) is 18.8 Å². The van der Waals surface area contributed by atoms with Crippen LogP contribution in [-0.4, -0.2) is 22.3 Å². The van der Waals surface area contributed by atoms with Crippen LogP contribution in [0.1, 0.15) is 52.4 Å². The van der Waals surface area contributed by atoms with Gasteiger partial charge < -0.3 is 10.2 Å². The molecule has 3 nitrogen and oxygen atoms in total. The van der Waals surface area contributed by atoms with Gasteiger partial charge in [0.2, 0.25) is 0 Å². The van der Waals surface area contributed by atoms with Gasteiger partial charge in [0.25, 0.3) is 0 Å². The molecule has 1 aliphatic rings. The smallest absolute Gasteiger partial charge is 0.333 e. The van der Waals surface area contributed by atoms with Gasteiger partial charge in [0.05, 0.1) is 0 Å². The normalized spacial score (nSPS) is 20.5. The number of hydrogen-bond acceptors (Lipinski definition) is 2. The minimum atomic E-state index is -1.24. The zero-order valence-electron chi connectivity index (χ0n) is 9.70. The molecule has 1 aliphatic carbocycles. The van der Waals surface area contributed by atoms with Crippen molar-refractivity contribution in [1.82, 2.24) is 0 Å². The van der Waals surface area contributed by atoms with Crippen LogP contribution in [0.3, 0.4) is 0 Å². The van der Waals surface area contributed by atoms with Crippen molar-refractivity contribution in [2.75, 3.05) is 0 Å². The summed E-state index contributed by atoms with van der Waals surface area (Å²) in [5.74, 6) is -0.350. The topological polar surface area (TPSA) is 57.5 Å². The third-order valence-electron chi connectivity index (χ3n) is 3.65. The first kappa shape index (κ1) is 12.5. The molecule has 0 bridgehead atoms. The summed E-state index contributed by atoms with van der Waals surface area (Å²) < 4.78 is 0. The maximum Gasteiger partial charge on any atom is 0.333 e. The third kappa shape index (κ3) is 3.49. The second kappa shape index (κ2) is 4.97. The van der Waals surface area contributed by atoms with Crippen LogP contribution in [0, 0.1) is 11.3 Å². The molecule has 0 spiro atoms. The quantitative estimate of drug-likeness (QED) is 0.739. The molecule has 3 heteroatoms. The molecule has 1 atom stereocenters. The standard InChI is InChI=1S/C12H22O3/c1-12(2,10(13)11(14)15)8-7-9-5-3-4-6-9/h9-10,13H,3-8H2,1-2H3,(H,14,15). The van der Waals surface area contributed by atoms with E-state index in [-0.39, 0.29) is 0 Å². The Morgan fingerprint density at radius 3 is 2.40 bits per heavy atom. The van der Waals surface area contributed by atoms with E-state index in [4.69, 9.17) is 5.11 Å². The summed E-state index contributed by atoms with van der Waals surface area (Å²) in [6.45, 7) is 3.67. The molecule has 1 unspecified atom stereocenters. The predicted octanol–water partition coefficient (Wildman–Crippen LogP) is 2.43. The van der Waals surface area contributed by atoms with Crippen molar-refractivity contribution in [1.29, 1.82) is 0 Å². The second-order valence-corrected chi connectivity index (χ2v) is 5.42. The number of carboxylic acid groups (broad SMARTS) is 1. The molecule has 0 aromatic rings. The van der Waals surface area contributed by atoms with Crippen molar-refractivity contribution in [2.45, 2.75) is 58.5 Å². The van der Waals surface area contributed by atoms with E-state index in [1.54, 1.807) is 0 Å². The fraction of sp³-hybridized carbons (Fsp3) is 0.917. The SMILES string of the molecule is CC(C)(CCC1CCCC1)C(O)C(=O)O. The van der Waals surface area contributed by atoms with Crippen LogP contribution in [0.15, 0.2) is 0 Å². The van der Waals surface area contributed by atoms with Crippen LogP contribution in [0.5, 0.6) is 0 Å². The van der Waals surface area contributed by atoms with Crippen molar-refractivity contribution in [3.63, 3.8) is 0 Å². The first-order valence-corrected chi connectivity index (χ1v) is 5.84. The van der Waals surface area contributed by atoms with Crippen LogP contribution in [-0.2, 0) is 4.79 Å². The Labute approximate surface area is 91.5 Å². The first-order valence-electron chi connectivity index (χ1n) is 5.84. The van der Waals surface area contributed by atoms with Crippen molar-refractivity contribution < 1.29 is 15.0 Å². The number of aliphatic hydroxyl groups is 1. The highest BCUT2D eigenvalue weighted by molar-refractivity contribution is 5.72. The summed E-state index contributed by atoms with van der Waals surface area (Å²) in [4.78, 5) is 10.7. The van der Waals surface area contributed by atoms with Gasteiger partial charge in [0.15, 0.2) is 6.10 Å². The maximum absolute atomic E-state index is 10.7. The summed E-state index contributed by atoms with van der Waals surface area (Å²) in [6.07, 6.45) is 5.79. The maximum atomic E-state index is 10.7. The number of aliphatic carboxylic acids is 1. The van der Waals surface area contributed by atoms with Crippen molar-refractivity contribution in [2.24, 2.45) is 11.3 Å². The highest BCUT2D eigenvalue weighted by Gasteiger charge is 2.33. The lowest BCUT2D eigenvalue weighted by atomic mass is 9.79. The molecule has 0 aliphatic heterocycles. The summed E-state index contributed by atoms with van der Waals surface area (Å²) in [7, 11) is 0. The van der Waals surface area contributed by atoms with Gasteiger partial charge in [-0.3, -0.25) is 0 Å². The Balaban J connectivity index is 2.37. The minimum absolute atomic E-state index is 0.506. The van der Waals surface area contributed by atoms with Gasteiger partial charge in [-0.1, -0.05) is 39.5 Å². The van der Waals surface area contributed by atoms with E-state index in [1.165, 1.54) is 25.7 Å². The Morgan fingerprint density at radius 2 is 1.93 bits per heavy atom. The Morgan fingerprint density at radius 1 is 1.40 bits per heavy atom. The van der Waals surface area contributed by atoms with E-state index in [2.05, 4.69) is 0 Å². The number of aliphatic hydroxyl groups excluding tert-OH is 1. The van der Waals surface area contributed by atoms with Gasteiger partial charge in [-0.15, -0.1) is 0 Å². The summed E-state index contributed by atoms with van der Waals surface area (Å²) >= 11 is 0. The van der Waals surface area contributed by atoms with E-state index >= 15 is 0 Å². The Bertz CT molecular complexity index is 217. The highest BCUT2D eigenvalue weighted by atomic mass is 16.4. The van der Waals surface area contributed by atoms with E-state index in [1.807, 2.05) is 13.8 Å². The van der Waals surface area contributed by atoms with Crippen LogP contribution < -0.4 is 0 Å². The molecular formula is C12H22O3. The van der Waals surface area contributed by atoms with E-state index in [0.717, 1.165) is 18.8 Å². The molecule has 1 fully saturated rings. The van der Waals surface area contributed by atoms with Gasteiger partial charge in [-0.25, -0.2) is 4.79 Å². The van der Waals surface area contributed by atoms with Crippen molar-refractivity contribution >= 4 is 5.97 Å². The molecule has 0 amide bonds. The lowest BCUT2D eigenvalue weighted by molar-refractivity contribution is -0.153. The third-order valence-corrected chi connectivity index (χ3v) is 3.65. The summed E-state index contributed by atoms with van der Waals surface area (Å²) in [5.41, 5.74) is -0.506. The Hall–Kier alpha value is -0.570. The molecule has 1 rings (SSSR count). The zero-order valence-corrected chi connectivity index (χ0v) is 9.70. The molecule has 0 saturated heterocycles. The molecule has 15 heavy (non-hydrogen) atoms. The molecule has 0 radical (unpaired) electrons. The lowest BCUT2D eigenvalue weighted by Crippen LogP contribution is -2.36. The van der Waals surface area contributed by atoms with Crippen LogP contribution in [0.4, 0.5) is 0 Å². The number of hydrogen-bond donors (Lipinski definition) is 2. The van der Waals surface area contributed by atoms with E-state index in [0.29, 0.717) is 0 Å². The molecule has 2 N–H and O–H groups in total. The molecule has 0 aromatic heterocycles. The van der Waals surface area contributed by atoms with Gasteiger partial charge in [-0.2, -0.15) is 0 Å². The second-order valence-electron chi connectivity index (χ2n) is 5.42. The highest BCUT2D eigenvalue weighted by Crippen LogP contribution is 2.34. The largest absolute Gasteiger partial charge is 0.479 e.